The van der Waals surface area contributed by atoms with Crippen LogP contribution in [0.1, 0.15) is 17.1 Å². The molecule has 2 aromatic heterocycles. The van der Waals surface area contributed by atoms with Crippen molar-refractivity contribution in [1.29, 1.82) is 10.5 Å². The van der Waals surface area contributed by atoms with Crippen molar-refractivity contribution < 1.29 is 0 Å². The molecule has 0 unspecified atom stereocenters. The number of nitriles is 2. The molecular formula is C22H16N4. The lowest BCUT2D eigenvalue weighted by Gasteiger charge is -2.00. The van der Waals surface area contributed by atoms with E-state index in [9.17, 15) is 0 Å². The third-order valence-electron chi connectivity index (χ3n) is 4.05. The smallest absolute Gasteiger partial charge is 0.141 e. The topological polar surface area (TPSA) is 73.4 Å². The second kappa shape index (κ2) is 7.88. The van der Waals surface area contributed by atoms with Crippen LogP contribution in [0.3, 0.4) is 0 Å². The van der Waals surface area contributed by atoms with Gasteiger partial charge in [-0.05, 0) is 29.8 Å². The van der Waals surface area contributed by atoms with E-state index in [1.54, 1.807) is 6.20 Å². The van der Waals surface area contributed by atoms with Gasteiger partial charge in [0.15, 0.2) is 0 Å². The average molecular weight is 336 g/mol. The monoisotopic (exact) mass is 336 g/mol. The Labute approximate surface area is 152 Å². The summed E-state index contributed by atoms with van der Waals surface area (Å²) in [6.45, 7) is 1.92. The first-order chi connectivity index (χ1) is 12.7. The van der Waals surface area contributed by atoms with E-state index in [-0.39, 0.29) is 0 Å². The minimum atomic E-state index is 0.376. The van der Waals surface area contributed by atoms with Crippen LogP contribution in [0, 0.1) is 29.6 Å². The predicted molar refractivity (Wildman–Crippen MR) is 102 cm³/mol. The van der Waals surface area contributed by atoms with Gasteiger partial charge in [0.2, 0.25) is 0 Å². The Hall–Kier alpha value is -3.76. The number of hydrogen-bond acceptors (Lipinski definition) is 4. The van der Waals surface area contributed by atoms with Crippen molar-refractivity contribution in [3.8, 4) is 12.1 Å². The van der Waals surface area contributed by atoms with Gasteiger partial charge >= 0.3 is 0 Å². The first-order valence-electron chi connectivity index (χ1n) is 8.19. The van der Waals surface area contributed by atoms with Gasteiger partial charge < -0.3 is 0 Å². The normalized spacial score (nSPS) is 9.81. The molecule has 0 radical (unpaired) electrons. The predicted octanol–water partition coefficient (Wildman–Crippen LogP) is 4.72. The summed E-state index contributed by atoms with van der Waals surface area (Å²) in [4.78, 5) is 8.33. The van der Waals surface area contributed by atoms with E-state index in [0.29, 0.717) is 12.1 Å². The van der Waals surface area contributed by atoms with Crippen molar-refractivity contribution in [2.45, 2.75) is 13.3 Å². The molecule has 0 atom stereocenters. The number of hydrogen-bond donors (Lipinski definition) is 0. The third kappa shape index (κ3) is 3.66. The van der Waals surface area contributed by atoms with E-state index in [1.807, 2.05) is 73.7 Å². The summed E-state index contributed by atoms with van der Waals surface area (Å²) in [5.74, 6) is 0. The van der Waals surface area contributed by atoms with Gasteiger partial charge in [-0.1, -0.05) is 48.5 Å². The van der Waals surface area contributed by atoms with E-state index < -0.39 is 0 Å². The molecule has 0 bridgehead atoms. The number of fused-ring (bicyclic) bond motifs is 2. The largest absolute Gasteiger partial charge is 0.260 e. The molecule has 0 spiro atoms. The average Bonchev–Trinajstić information content (AvgIpc) is 2.69. The van der Waals surface area contributed by atoms with Crippen LogP contribution in [0.5, 0.6) is 0 Å². The fraction of sp³-hybridized carbons (Fsp3) is 0.0909. The molecule has 4 nitrogen and oxygen atoms in total. The van der Waals surface area contributed by atoms with Crippen LogP contribution in [0.25, 0.3) is 21.5 Å². The summed E-state index contributed by atoms with van der Waals surface area (Å²) in [6, 6.07) is 23.8. The van der Waals surface area contributed by atoms with Gasteiger partial charge in [-0.3, -0.25) is 4.98 Å². The molecule has 4 heteroatoms. The molecule has 0 saturated heterocycles. The Morgan fingerprint density at radius 3 is 2.31 bits per heavy atom. The molecule has 0 saturated carbocycles. The molecule has 0 aliphatic carbocycles. The molecule has 4 rings (SSSR count). The van der Waals surface area contributed by atoms with Gasteiger partial charge in [0.05, 0.1) is 18.2 Å². The number of aromatic nitrogens is 2. The number of benzene rings is 2. The van der Waals surface area contributed by atoms with Crippen molar-refractivity contribution in [3.05, 3.63) is 83.9 Å². The molecule has 26 heavy (non-hydrogen) atoms. The van der Waals surface area contributed by atoms with Crippen LogP contribution in [-0.4, -0.2) is 9.97 Å². The Kier molecular flexibility index (Phi) is 5.17. The van der Waals surface area contributed by atoms with E-state index in [2.05, 4.69) is 16.0 Å². The number of pyridine rings is 2. The van der Waals surface area contributed by atoms with Crippen molar-refractivity contribution in [3.63, 3.8) is 0 Å². The van der Waals surface area contributed by atoms with Crippen LogP contribution in [-0.2, 0) is 6.42 Å². The standard InChI is InChI=1S/2C11H8N2/c1-8-11-5-3-2-4-9(11)6-10(7-12)13-8;12-7-5-11-10-4-2-1-3-9(10)6-8-13-11/h2-6H,1H3;1-4,6,8H,5H2. The number of nitrogens with zero attached hydrogens (tertiary/aromatic N) is 4. The summed E-state index contributed by atoms with van der Waals surface area (Å²) in [5, 5.41) is 21.7. The van der Waals surface area contributed by atoms with E-state index in [4.69, 9.17) is 10.5 Å². The highest BCUT2D eigenvalue weighted by Crippen LogP contribution is 2.17. The van der Waals surface area contributed by atoms with E-state index in [0.717, 1.165) is 32.9 Å². The maximum Gasteiger partial charge on any atom is 0.141 e. The van der Waals surface area contributed by atoms with Crippen LogP contribution >= 0.6 is 0 Å². The maximum absolute atomic E-state index is 8.71. The zero-order chi connectivity index (χ0) is 18.4. The molecule has 0 amide bonds. The number of rotatable bonds is 1. The number of aryl methyl sites for hydroxylation is 1. The van der Waals surface area contributed by atoms with Crippen LogP contribution in [0.2, 0.25) is 0 Å². The van der Waals surface area contributed by atoms with E-state index in [1.165, 1.54) is 0 Å². The molecule has 0 aliphatic heterocycles. The molecular weight excluding hydrogens is 320 g/mol. The highest BCUT2D eigenvalue weighted by molar-refractivity contribution is 5.85. The van der Waals surface area contributed by atoms with Crippen molar-refractivity contribution in [1.82, 2.24) is 9.97 Å². The van der Waals surface area contributed by atoms with Crippen molar-refractivity contribution >= 4 is 21.5 Å². The zero-order valence-corrected chi connectivity index (χ0v) is 14.3. The Bertz CT molecular complexity index is 1140. The SMILES string of the molecule is Cc1nc(C#N)cc2ccccc12.N#CCc1nccc2ccccc12. The third-order valence-corrected chi connectivity index (χ3v) is 4.05. The second-order valence-corrected chi connectivity index (χ2v) is 5.74. The van der Waals surface area contributed by atoms with E-state index >= 15 is 0 Å². The summed E-state index contributed by atoms with van der Waals surface area (Å²) in [6.07, 6.45) is 2.12. The molecule has 2 heterocycles. The lowest BCUT2D eigenvalue weighted by Crippen LogP contribution is -1.88. The second-order valence-electron chi connectivity index (χ2n) is 5.74. The summed E-state index contributed by atoms with van der Waals surface area (Å²) < 4.78 is 0. The Morgan fingerprint density at radius 1 is 0.885 bits per heavy atom. The lowest BCUT2D eigenvalue weighted by molar-refractivity contribution is 1.14. The first-order valence-corrected chi connectivity index (χ1v) is 8.19. The van der Waals surface area contributed by atoms with Gasteiger partial charge in [-0.15, -0.1) is 0 Å². The van der Waals surface area contributed by atoms with Gasteiger partial charge in [-0.25, -0.2) is 4.98 Å². The Balaban J connectivity index is 0.000000151. The van der Waals surface area contributed by atoms with Crippen molar-refractivity contribution in [2.24, 2.45) is 0 Å². The van der Waals surface area contributed by atoms with Gasteiger partial charge in [0.1, 0.15) is 11.8 Å². The fourth-order valence-electron chi connectivity index (χ4n) is 2.83. The van der Waals surface area contributed by atoms with Crippen molar-refractivity contribution in [2.75, 3.05) is 0 Å². The molecule has 0 fully saturated rings. The van der Waals surface area contributed by atoms with Gasteiger partial charge in [0.25, 0.3) is 0 Å². The summed E-state index contributed by atoms with van der Waals surface area (Å²) in [5.41, 5.74) is 2.26. The lowest BCUT2D eigenvalue weighted by atomic mass is 10.1. The molecule has 0 aliphatic rings. The minimum Gasteiger partial charge on any atom is -0.260 e. The first kappa shape index (κ1) is 17.1. The summed E-state index contributed by atoms with van der Waals surface area (Å²) >= 11 is 0. The highest BCUT2D eigenvalue weighted by atomic mass is 14.7. The summed E-state index contributed by atoms with van der Waals surface area (Å²) in [7, 11) is 0. The highest BCUT2D eigenvalue weighted by Gasteiger charge is 2.00. The quantitative estimate of drug-likeness (QED) is 0.504. The van der Waals surface area contributed by atoms with Gasteiger partial charge in [0, 0.05) is 22.7 Å². The van der Waals surface area contributed by atoms with Crippen LogP contribution in [0.15, 0.2) is 66.9 Å². The molecule has 2 aromatic carbocycles. The molecule has 0 N–H and O–H groups in total. The fourth-order valence-corrected chi connectivity index (χ4v) is 2.83. The minimum absolute atomic E-state index is 0.376. The Morgan fingerprint density at radius 2 is 1.58 bits per heavy atom. The van der Waals surface area contributed by atoms with Crippen LogP contribution < -0.4 is 0 Å². The molecule has 4 aromatic rings. The zero-order valence-electron chi connectivity index (χ0n) is 14.3. The molecule has 124 valence electrons. The maximum atomic E-state index is 8.71. The van der Waals surface area contributed by atoms with Crippen LogP contribution in [0.4, 0.5) is 0 Å². The van der Waals surface area contributed by atoms with Gasteiger partial charge in [-0.2, -0.15) is 10.5 Å².